The Bertz CT molecular complexity index is 642. The summed E-state index contributed by atoms with van der Waals surface area (Å²) >= 11 is 0. The molecule has 1 aliphatic rings. The van der Waals surface area contributed by atoms with E-state index in [9.17, 15) is 5.26 Å². The molecule has 3 nitrogen and oxygen atoms in total. The molecule has 0 spiro atoms. The van der Waals surface area contributed by atoms with Gasteiger partial charge in [-0.15, -0.1) is 0 Å². The summed E-state index contributed by atoms with van der Waals surface area (Å²) in [4.78, 5) is 4.65. The maximum atomic E-state index is 9.39. The van der Waals surface area contributed by atoms with Crippen LogP contribution in [-0.4, -0.2) is 9.55 Å². The van der Waals surface area contributed by atoms with Gasteiger partial charge in [0.15, 0.2) is 0 Å². The number of fused-ring (bicyclic) bond motifs is 1. The fourth-order valence-electron chi connectivity index (χ4n) is 2.86. The third-order valence-electron chi connectivity index (χ3n) is 4.26. The Balaban J connectivity index is 2.15. The predicted octanol–water partition coefficient (Wildman–Crippen LogP) is 3.08. The maximum absolute atomic E-state index is 9.39. The number of nitrogens with zero attached hydrogens (tertiary/aromatic N) is 3. The van der Waals surface area contributed by atoms with E-state index in [0.29, 0.717) is 0 Å². The van der Waals surface area contributed by atoms with E-state index in [2.05, 4.69) is 47.8 Å². The Labute approximate surface area is 107 Å². The van der Waals surface area contributed by atoms with Crippen LogP contribution in [0.25, 0.3) is 11.0 Å². The summed E-state index contributed by atoms with van der Waals surface area (Å²) in [5.41, 5.74) is 3.08. The van der Waals surface area contributed by atoms with Crippen LogP contribution in [-0.2, 0) is 18.9 Å². The Morgan fingerprint density at radius 1 is 1.44 bits per heavy atom. The quantitative estimate of drug-likeness (QED) is 0.808. The number of rotatable bonds is 2. The van der Waals surface area contributed by atoms with E-state index in [1.807, 2.05) is 0 Å². The van der Waals surface area contributed by atoms with Gasteiger partial charge in [0.2, 0.25) is 0 Å². The van der Waals surface area contributed by atoms with E-state index >= 15 is 0 Å². The number of imidazole rings is 1. The SMILES string of the molecule is CCc1nc2cc(C3(C#N)CCC3)ccc2n1C. The van der Waals surface area contributed by atoms with Gasteiger partial charge >= 0.3 is 0 Å². The zero-order chi connectivity index (χ0) is 12.8. The summed E-state index contributed by atoms with van der Waals surface area (Å²) in [6.45, 7) is 2.12. The zero-order valence-electron chi connectivity index (χ0n) is 10.9. The Kier molecular flexibility index (Phi) is 2.41. The zero-order valence-corrected chi connectivity index (χ0v) is 10.9. The number of benzene rings is 1. The van der Waals surface area contributed by atoms with Crippen LogP contribution >= 0.6 is 0 Å². The topological polar surface area (TPSA) is 41.6 Å². The molecule has 1 aromatic heterocycles. The lowest BCUT2D eigenvalue weighted by molar-refractivity contribution is 0.324. The molecule has 3 rings (SSSR count). The number of nitriles is 1. The normalized spacial score (nSPS) is 17.4. The minimum absolute atomic E-state index is 0.238. The van der Waals surface area contributed by atoms with Crippen molar-refractivity contribution >= 4 is 11.0 Å². The molecule has 0 bridgehead atoms. The summed E-state index contributed by atoms with van der Waals surface area (Å²) in [5, 5.41) is 9.39. The van der Waals surface area contributed by atoms with Gasteiger partial charge in [0.1, 0.15) is 5.82 Å². The standard InChI is InChI=1S/C15H17N3/c1-3-14-17-12-9-11(5-6-13(12)18(14)2)15(10-16)7-4-8-15/h5-6,9H,3-4,7-8H2,1-2H3. The van der Waals surface area contributed by atoms with E-state index < -0.39 is 0 Å². The van der Waals surface area contributed by atoms with Crippen LogP contribution < -0.4 is 0 Å². The van der Waals surface area contributed by atoms with Gasteiger partial charge in [0.05, 0.1) is 22.5 Å². The van der Waals surface area contributed by atoms with Crippen LogP contribution in [0.3, 0.4) is 0 Å². The second kappa shape index (κ2) is 3.84. The van der Waals surface area contributed by atoms with Gasteiger partial charge in [-0.3, -0.25) is 0 Å². The summed E-state index contributed by atoms with van der Waals surface area (Å²) in [5.74, 6) is 1.10. The maximum Gasteiger partial charge on any atom is 0.109 e. The molecule has 1 aromatic carbocycles. The third-order valence-corrected chi connectivity index (χ3v) is 4.26. The molecule has 3 heteroatoms. The molecule has 92 valence electrons. The van der Waals surface area contributed by atoms with Crippen molar-refractivity contribution in [1.29, 1.82) is 5.26 Å². The number of hydrogen-bond acceptors (Lipinski definition) is 2. The molecular weight excluding hydrogens is 222 g/mol. The van der Waals surface area contributed by atoms with E-state index in [4.69, 9.17) is 0 Å². The number of aromatic nitrogens is 2. The molecule has 0 atom stereocenters. The van der Waals surface area contributed by atoms with Gasteiger partial charge < -0.3 is 4.57 Å². The van der Waals surface area contributed by atoms with Crippen molar-refractivity contribution in [2.45, 2.75) is 38.0 Å². The minimum Gasteiger partial charge on any atom is -0.331 e. The molecule has 1 aliphatic carbocycles. The lowest BCUT2D eigenvalue weighted by Crippen LogP contribution is -2.32. The van der Waals surface area contributed by atoms with Crippen LogP contribution in [0.15, 0.2) is 18.2 Å². The Morgan fingerprint density at radius 3 is 2.78 bits per heavy atom. The van der Waals surface area contributed by atoms with Gasteiger partial charge in [-0.05, 0) is 37.0 Å². The van der Waals surface area contributed by atoms with Crippen molar-refractivity contribution in [2.24, 2.45) is 7.05 Å². The van der Waals surface area contributed by atoms with Crippen LogP contribution in [0, 0.1) is 11.3 Å². The number of aryl methyl sites for hydroxylation is 2. The summed E-state index contributed by atoms with van der Waals surface area (Å²) in [6, 6.07) is 8.81. The average Bonchev–Trinajstić information content (AvgIpc) is 2.65. The first kappa shape index (κ1) is 11.3. The molecule has 0 unspecified atom stereocenters. The van der Waals surface area contributed by atoms with Gasteiger partial charge in [-0.25, -0.2) is 4.98 Å². The molecular formula is C15H17N3. The van der Waals surface area contributed by atoms with Gasteiger partial charge in [-0.1, -0.05) is 13.0 Å². The van der Waals surface area contributed by atoms with Crippen LogP contribution in [0.4, 0.5) is 0 Å². The smallest absolute Gasteiger partial charge is 0.109 e. The Morgan fingerprint density at radius 2 is 2.22 bits per heavy atom. The summed E-state index contributed by atoms with van der Waals surface area (Å²) in [6.07, 6.45) is 4.07. The molecule has 2 aromatic rings. The van der Waals surface area contributed by atoms with Crippen molar-refractivity contribution in [1.82, 2.24) is 9.55 Å². The molecule has 0 radical (unpaired) electrons. The summed E-state index contributed by atoms with van der Waals surface area (Å²) < 4.78 is 2.14. The average molecular weight is 239 g/mol. The van der Waals surface area contributed by atoms with Gasteiger partial charge in [0, 0.05) is 13.5 Å². The molecule has 1 saturated carbocycles. The van der Waals surface area contributed by atoms with E-state index in [-0.39, 0.29) is 5.41 Å². The highest BCUT2D eigenvalue weighted by Gasteiger charge is 2.39. The van der Waals surface area contributed by atoms with Crippen molar-refractivity contribution in [3.05, 3.63) is 29.6 Å². The van der Waals surface area contributed by atoms with Gasteiger partial charge in [-0.2, -0.15) is 5.26 Å². The van der Waals surface area contributed by atoms with Crippen LogP contribution in [0.2, 0.25) is 0 Å². The second-order valence-corrected chi connectivity index (χ2v) is 5.19. The monoisotopic (exact) mass is 239 g/mol. The van der Waals surface area contributed by atoms with Crippen molar-refractivity contribution in [3.8, 4) is 6.07 Å². The minimum atomic E-state index is -0.238. The van der Waals surface area contributed by atoms with Crippen molar-refractivity contribution in [2.75, 3.05) is 0 Å². The first-order chi connectivity index (χ1) is 8.70. The molecule has 0 saturated heterocycles. The molecule has 0 aliphatic heterocycles. The Hall–Kier alpha value is -1.82. The van der Waals surface area contributed by atoms with E-state index in [1.54, 1.807) is 0 Å². The molecule has 0 N–H and O–H groups in total. The highest BCUT2D eigenvalue weighted by Crippen LogP contribution is 2.43. The van der Waals surface area contributed by atoms with Crippen LogP contribution in [0.1, 0.15) is 37.6 Å². The molecule has 1 fully saturated rings. The fourth-order valence-corrected chi connectivity index (χ4v) is 2.86. The fraction of sp³-hybridized carbons (Fsp3) is 0.467. The lowest BCUT2D eigenvalue weighted by Gasteiger charge is -2.35. The van der Waals surface area contributed by atoms with Crippen molar-refractivity contribution in [3.63, 3.8) is 0 Å². The highest BCUT2D eigenvalue weighted by atomic mass is 15.1. The summed E-state index contributed by atoms with van der Waals surface area (Å²) in [7, 11) is 2.05. The van der Waals surface area contributed by atoms with Crippen LogP contribution in [0.5, 0.6) is 0 Å². The number of hydrogen-bond donors (Lipinski definition) is 0. The largest absolute Gasteiger partial charge is 0.331 e. The van der Waals surface area contributed by atoms with E-state index in [0.717, 1.165) is 48.1 Å². The first-order valence-corrected chi connectivity index (χ1v) is 6.57. The molecule has 0 amide bonds. The third kappa shape index (κ3) is 1.38. The molecule has 18 heavy (non-hydrogen) atoms. The highest BCUT2D eigenvalue weighted by molar-refractivity contribution is 5.77. The van der Waals surface area contributed by atoms with Crippen molar-refractivity contribution < 1.29 is 0 Å². The first-order valence-electron chi connectivity index (χ1n) is 6.57. The lowest BCUT2D eigenvalue weighted by atomic mass is 9.65. The predicted molar refractivity (Wildman–Crippen MR) is 71.2 cm³/mol. The van der Waals surface area contributed by atoms with Gasteiger partial charge in [0.25, 0.3) is 0 Å². The second-order valence-electron chi connectivity index (χ2n) is 5.19. The van der Waals surface area contributed by atoms with E-state index in [1.165, 1.54) is 0 Å². The molecule has 1 heterocycles.